The lowest BCUT2D eigenvalue weighted by atomic mass is 10.1. The Balaban J connectivity index is 0.00000172. The molecule has 4 aromatic rings. The summed E-state index contributed by atoms with van der Waals surface area (Å²) in [5, 5.41) is 9.17. The van der Waals surface area contributed by atoms with Crippen LogP contribution in [0.2, 0.25) is 0 Å². The summed E-state index contributed by atoms with van der Waals surface area (Å²) in [6.07, 6.45) is 11.3. The zero-order chi connectivity index (χ0) is 28.1. The minimum Gasteiger partial charge on any atom is -0.352 e. The van der Waals surface area contributed by atoms with Crippen LogP contribution in [0, 0.1) is 13.8 Å². The summed E-state index contributed by atoms with van der Waals surface area (Å²) in [6.45, 7) is 19.9. The van der Waals surface area contributed by atoms with Crippen molar-refractivity contribution in [2.24, 2.45) is 5.73 Å². The second-order valence-electron chi connectivity index (χ2n) is 9.19. The van der Waals surface area contributed by atoms with E-state index in [2.05, 4.69) is 57.3 Å². The Morgan fingerprint density at radius 2 is 1.92 bits per heavy atom. The molecule has 1 fully saturated rings. The zero-order valence-electron chi connectivity index (χ0n) is 23.2. The number of nitrogens with two attached hydrogens (primary N) is 1. The summed E-state index contributed by atoms with van der Waals surface area (Å²) < 4.78 is 0. The Bertz CT molecular complexity index is 1630. The molecule has 0 atom stereocenters. The van der Waals surface area contributed by atoms with Crippen LogP contribution in [0.25, 0.3) is 35.3 Å². The van der Waals surface area contributed by atoms with Gasteiger partial charge in [0.25, 0.3) is 0 Å². The smallest absolute Gasteiger partial charge is 0.159 e. The third-order valence-electron chi connectivity index (χ3n) is 6.31. The van der Waals surface area contributed by atoms with E-state index in [9.17, 15) is 0 Å². The number of allylic oxidation sites excluding steroid dienone is 4. The summed E-state index contributed by atoms with van der Waals surface area (Å²) in [7, 11) is 0. The van der Waals surface area contributed by atoms with E-state index in [0.717, 1.165) is 62.6 Å². The van der Waals surface area contributed by atoms with E-state index in [1.807, 2.05) is 45.9 Å². The van der Waals surface area contributed by atoms with Crippen LogP contribution in [0.5, 0.6) is 0 Å². The molecule has 5 heterocycles. The van der Waals surface area contributed by atoms with Gasteiger partial charge in [-0.05, 0) is 44.6 Å². The lowest BCUT2D eigenvalue weighted by Crippen LogP contribution is -2.56. The fraction of sp³-hybridized carbons (Fsp3) is 0.267. The van der Waals surface area contributed by atoms with Crippen molar-refractivity contribution in [1.82, 2.24) is 30.1 Å². The summed E-state index contributed by atoms with van der Waals surface area (Å²) in [5.41, 5.74) is 11.3. The predicted molar refractivity (Wildman–Crippen MR) is 164 cm³/mol. The van der Waals surface area contributed by atoms with E-state index in [-0.39, 0.29) is 6.04 Å². The van der Waals surface area contributed by atoms with Crippen LogP contribution in [0.3, 0.4) is 0 Å². The number of hydrogen-bond acceptors (Lipinski definition) is 7. The first kappa shape index (κ1) is 27.9. The molecule has 0 unspecified atom stereocenters. The minimum absolute atomic E-state index is 0.207. The normalized spacial score (nSPS) is 14.7. The number of nitrogens with one attached hydrogen (secondary N) is 2. The number of aryl methyl sites for hydroxylation is 2. The lowest BCUT2D eigenvalue weighted by Gasteiger charge is -2.37. The molecule has 1 aliphatic heterocycles. The monoisotopic (exact) mass is 540 g/mol. The molecule has 9 heteroatoms. The van der Waals surface area contributed by atoms with Crippen molar-refractivity contribution >= 4 is 41.0 Å². The van der Waals surface area contributed by atoms with Crippen LogP contribution in [-0.2, 0) is 0 Å². The van der Waals surface area contributed by atoms with E-state index in [1.54, 1.807) is 29.8 Å². The Labute approximate surface area is 233 Å². The Morgan fingerprint density at radius 3 is 2.59 bits per heavy atom. The molecular formula is C30H36N8S. The van der Waals surface area contributed by atoms with Gasteiger partial charge in [-0.1, -0.05) is 45.2 Å². The number of H-pyrrole nitrogens is 2. The predicted octanol–water partition coefficient (Wildman–Crippen LogP) is 4.35. The van der Waals surface area contributed by atoms with Gasteiger partial charge >= 0.3 is 0 Å². The maximum atomic E-state index is 5.91. The Morgan fingerprint density at radius 1 is 1.15 bits per heavy atom. The lowest BCUT2D eigenvalue weighted by molar-refractivity contribution is 0.513. The fourth-order valence-corrected chi connectivity index (χ4v) is 5.11. The molecule has 8 nitrogen and oxygen atoms in total. The fourth-order valence-electron chi connectivity index (χ4n) is 4.21. The number of rotatable bonds is 7. The standard InChI is InChI=1S/C28H30N8S.C2H6/c1-6-7-21(24-11-9-17(3)37-24)27-19(5)31-28(33-27)26-18(4)22(34-35-26)10-8-16(2)23-12-30-13-25(32-23)36-14-20(29)15-36;1-2/h6-13,20,34H,1,4,14-15,29H2,2-3,5H3,(H,31,33);1-2H3/b16-8+,21-7-,22-10+;. The number of aromatic amines is 2. The number of aromatic nitrogens is 6. The van der Waals surface area contributed by atoms with Gasteiger partial charge in [-0.15, -0.1) is 11.3 Å². The number of hydrogen-bond donors (Lipinski definition) is 3. The topological polar surface area (TPSA) is 112 Å². The summed E-state index contributed by atoms with van der Waals surface area (Å²) >= 11 is 1.73. The maximum Gasteiger partial charge on any atom is 0.159 e. The molecule has 0 aliphatic carbocycles. The van der Waals surface area contributed by atoms with Gasteiger partial charge in [0.1, 0.15) is 11.5 Å². The van der Waals surface area contributed by atoms with Crippen LogP contribution in [0.1, 0.15) is 47.6 Å². The third-order valence-corrected chi connectivity index (χ3v) is 7.35. The minimum atomic E-state index is 0.207. The van der Waals surface area contributed by atoms with Crippen LogP contribution in [0.15, 0.2) is 49.3 Å². The average molecular weight is 541 g/mol. The molecule has 39 heavy (non-hydrogen) atoms. The van der Waals surface area contributed by atoms with Crippen molar-refractivity contribution in [2.75, 3.05) is 18.0 Å². The van der Waals surface area contributed by atoms with Gasteiger partial charge in [-0.25, -0.2) is 9.97 Å². The zero-order valence-corrected chi connectivity index (χ0v) is 24.1. The molecular weight excluding hydrogens is 504 g/mol. The molecule has 1 aliphatic rings. The van der Waals surface area contributed by atoms with Gasteiger partial charge in [-0.2, -0.15) is 5.10 Å². The molecule has 4 N–H and O–H groups in total. The van der Waals surface area contributed by atoms with Gasteiger partial charge in [0.2, 0.25) is 0 Å². The van der Waals surface area contributed by atoms with Crippen molar-refractivity contribution in [3.63, 3.8) is 0 Å². The summed E-state index contributed by atoms with van der Waals surface area (Å²) in [5.74, 6) is 1.52. The van der Waals surface area contributed by atoms with Crippen molar-refractivity contribution in [1.29, 1.82) is 0 Å². The highest BCUT2D eigenvalue weighted by molar-refractivity contribution is 7.13. The van der Waals surface area contributed by atoms with Crippen molar-refractivity contribution < 1.29 is 0 Å². The molecule has 202 valence electrons. The Kier molecular flexibility index (Phi) is 8.73. The van der Waals surface area contributed by atoms with E-state index >= 15 is 0 Å². The van der Waals surface area contributed by atoms with Gasteiger partial charge in [0, 0.05) is 45.4 Å². The first-order valence-corrected chi connectivity index (χ1v) is 13.9. The first-order chi connectivity index (χ1) is 18.8. The number of thiophene rings is 1. The van der Waals surface area contributed by atoms with Crippen molar-refractivity contribution in [3.05, 3.63) is 86.7 Å². The van der Waals surface area contributed by atoms with Crippen LogP contribution >= 0.6 is 11.3 Å². The molecule has 0 spiro atoms. The maximum absolute atomic E-state index is 5.91. The Hall–Kier alpha value is -4.08. The first-order valence-electron chi connectivity index (χ1n) is 13.1. The molecule has 1 saturated heterocycles. The molecule has 5 rings (SSSR count). The highest BCUT2D eigenvalue weighted by atomic mass is 32.1. The molecule has 0 aromatic carbocycles. The van der Waals surface area contributed by atoms with E-state index in [4.69, 9.17) is 15.7 Å². The van der Waals surface area contributed by atoms with E-state index in [0.29, 0.717) is 11.5 Å². The SMILES string of the molecule is C=C/C=C(/c1ccc(C)s1)c1nc(-c2n[nH]/c(=C/C=C(\C)c3cncc(N4CC(N)C4)n3)c2=C)[nH]c1C.CC. The van der Waals surface area contributed by atoms with Gasteiger partial charge in [-0.3, -0.25) is 10.1 Å². The van der Waals surface area contributed by atoms with Crippen LogP contribution in [0.4, 0.5) is 5.82 Å². The second kappa shape index (κ2) is 12.2. The van der Waals surface area contributed by atoms with E-state index in [1.165, 1.54) is 4.88 Å². The number of imidazole rings is 1. The van der Waals surface area contributed by atoms with Crippen molar-refractivity contribution in [2.45, 2.75) is 40.7 Å². The van der Waals surface area contributed by atoms with Crippen LogP contribution in [-0.4, -0.2) is 49.3 Å². The van der Waals surface area contributed by atoms with Gasteiger partial charge in [0.15, 0.2) is 5.82 Å². The summed E-state index contributed by atoms with van der Waals surface area (Å²) in [4.78, 5) is 21.9. The average Bonchev–Trinajstić information content (AvgIpc) is 3.63. The molecule has 4 aromatic heterocycles. The molecule has 0 amide bonds. The third kappa shape index (κ3) is 6.00. The van der Waals surface area contributed by atoms with Crippen molar-refractivity contribution in [3.8, 4) is 11.5 Å². The molecule has 0 bridgehead atoms. The second-order valence-corrected chi connectivity index (χ2v) is 10.5. The highest BCUT2D eigenvalue weighted by Gasteiger charge is 2.24. The quantitative estimate of drug-likeness (QED) is 0.301. The summed E-state index contributed by atoms with van der Waals surface area (Å²) in [6, 6.07) is 4.44. The van der Waals surface area contributed by atoms with E-state index < -0.39 is 0 Å². The van der Waals surface area contributed by atoms with Gasteiger partial charge < -0.3 is 15.6 Å². The van der Waals surface area contributed by atoms with Crippen LogP contribution < -0.4 is 21.2 Å². The van der Waals surface area contributed by atoms with Gasteiger partial charge in [0.05, 0.1) is 29.1 Å². The molecule has 0 radical (unpaired) electrons. The number of nitrogens with zero attached hydrogens (tertiary/aromatic N) is 5. The number of anilines is 1. The molecule has 0 saturated carbocycles. The highest BCUT2D eigenvalue weighted by Crippen LogP contribution is 2.31. The largest absolute Gasteiger partial charge is 0.352 e.